The second kappa shape index (κ2) is 3.94. The van der Waals surface area contributed by atoms with E-state index in [9.17, 15) is 0 Å². The lowest BCUT2D eigenvalue weighted by Gasteiger charge is -2.01. The first-order valence-corrected chi connectivity index (χ1v) is 4.31. The van der Waals surface area contributed by atoms with Crippen LogP contribution < -0.4 is 11.5 Å². The van der Waals surface area contributed by atoms with Crippen LogP contribution in [0.25, 0.3) is 0 Å². The molecule has 1 aromatic heterocycles. The van der Waals surface area contributed by atoms with E-state index in [2.05, 4.69) is 0 Å². The molecule has 0 bridgehead atoms. The molecule has 0 aliphatic heterocycles. The third-order valence-electron chi connectivity index (χ3n) is 1.95. The molecule has 4 heteroatoms. The average molecular weight is 188 g/mol. The average Bonchev–Trinajstić information content (AvgIpc) is 2.33. The van der Waals surface area contributed by atoms with E-state index in [1.54, 1.807) is 0 Å². The van der Waals surface area contributed by atoms with Gasteiger partial charge in [0.05, 0.1) is 0 Å². The Labute approximate surface area is 77.3 Å². The molecule has 1 heterocycles. The van der Waals surface area contributed by atoms with Crippen LogP contribution in [0.2, 0.25) is 5.15 Å². The molecule has 1 aromatic rings. The van der Waals surface area contributed by atoms with Gasteiger partial charge in [0.25, 0.3) is 0 Å². The lowest BCUT2D eigenvalue weighted by atomic mass is 10.2. The smallest absolute Gasteiger partial charge is 0.113 e. The highest BCUT2D eigenvalue weighted by Crippen LogP contribution is 2.19. The fourth-order valence-corrected chi connectivity index (χ4v) is 1.47. The summed E-state index contributed by atoms with van der Waals surface area (Å²) in [6.07, 6.45) is 0.843. The quantitative estimate of drug-likeness (QED) is 0.730. The van der Waals surface area contributed by atoms with Gasteiger partial charge in [-0.25, -0.2) is 0 Å². The summed E-state index contributed by atoms with van der Waals surface area (Å²) in [5, 5.41) is 0.723. The minimum Gasteiger partial charge on any atom is -0.339 e. The van der Waals surface area contributed by atoms with E-state index in [0.29, 0.717) is 13.1 Å². The number of nitrogens with zero attached hydrogens (tertiary/aromatic N) is 1. The molecule has 0 unspecified atom stereocenters. The Morgan fingerprint density at radius 2 is 2.17 bits per heavy atom. The van der Waals surface area contributed by atoms with Crippen LogP contribution in [-0.4, -0.2) is 11.1 Å². The number of hydrogen-bond donors (Lipinski definition) is 2. The summed E-state index contributed by atoms with van der Waals surface area (Å²) in [6, 6.07) is 2.01. The van der Waals surface area contributed by atoms with Crippen molar-refractivity contribution in [2.24, 2.45) is 18.5 Å². The maximum Gasteiger partial charge on any atom is 0.113 e. The topological polar surface area (TPSA) is 57.0 Å². The van der Waals surface area contributed by atoms with Crippen LogP contribution in [0.5, 0.6) is 0 Å². The number of halogens is 1. The largest absolute Gasteiger partial charge is 0.339 e. The Morgan fingerprint density at radius 3 is 2.58 bits per heavy atom. The van der Waals surface area contributed by atoms with Crippen LogP contribution in [0.4, 0.5) is 0 Å². The first-order valence-electron chi connectivity index (χ1n) is 3.93. The maximum absolute atomic E-state index is 5.99. The molecule has 0 amide bonds. The Morgan fingerprint density at radius 1 is 1.50 bits per heavy atom. The lowest BCUT2D eigenvalue weighted by Crippen LogP contribution is -2.06. The standard InChI is InChI=1S/C8H14ClN3/c1-12-7(2-3-10)4-6(5-11)8(12)9/h4H,2-3,5,10-11H2,1H3. The zero-order valence-electron chi connectivity index (χ0n) is 7.18. The van der Waals surface area contributed by atoms with Gasteiger partial charge in [-0.1, -0.05) is 11.6 Å². The van der Waals surface area contributed by atoms with Gasteiger partial charge in [0.1, 0.15) is 5.15 Å². The van der Waals surface area contributed by atoms with Crippen molar-refractivity contribution in [3.63, 3.8) is 0 Å². The van der Waals surface area contributed by atoms with E-state index in [0.717, 1.165) is 22.8 Å². The second-order valence-electron chi connectivity index (χ2n) is 2.75. The molecule has 0 saturated heterocycles. The van der Waals surface area contributed by atoms with E-state index in [1.165, 1.54) is 0 Å². The van der Waals surface area contributed by atoms with Gasteiger partial charge in [-0.05, 0) is 19.0 Å². The molecule has 0 saturated carbocycles. The minimum atomic E-state index is 0.483. The highest BCUT2D eigenvalue weighted by molar-refractivity contribution is 6.30. The Bertz CT molecular complexity index is 268. The normalized spacial score (nSPS) is 10.7. The predicted octanol–water partition coefficient (Wildman–Crippen LogP) is 0.638. The molecule has 0 aromatic carbocycles. The highest BCUT2D eigenvalue weighted by Gasteiger charge is 2.07. The number of hydrogen-bond acceptors (Lipinski definition) is 2. The van der Waals surface area contributed by atoms with Gasteiger partial charge >= 0.3 is 0 Å². The Kier molecular flexibility index (Phi) is 3.14. The van der Waals surface area contributed by atoms with Gasteiger partial charge in [0.2, 0.25) is 0 Å². The lowest BCUT2D eigenvalue weighted by molar-refractivity contribution is 0.806. The van der Waals surface area contributed by atoms with Crippen LogP contribution in [0.1, 0.15) is 11.3 Å². The molecule has 3 nitrogen and oxygen atoms in total. The van der Waals surface area contributed by atoms with Gasteiger partial charge in [-0.15, -0.1) is 0 Å². The monoisotopic (exact) mass is 187 g/mol. The summed E-state index contributed by atoms with van der Waals surface area (Å²) >= 11 is 5.99. The van der Waals surface area contributed by atoms with E-state index < -0.39 is 0 Å². The molecule has 0 atom stereocenters. The number of aromatic nitrogens is 1. The van der Waals surface area contributed by atoms with Crippen LogP contribution in [0, 0.1) is 0 Å². The summed E-state index contributed by atoms with van der Waals surface area (Å²) < 4.78 is 1.93. The number of rotatable bonds is 3. The molecule has 1 rings (SSSR count). The SMILES string of the molecule is Cn1c(CCN)cc(CN)c1Cl. The van der Waals surface area contributed by atoms with Crippen molar-refractivity contribution in [3.05, 3.63) is 22.5 Å². The second-order valence-corrected chi connectivity index (χ2v) is 3.11. The molecule has 0 spiro atoms. The van der Waals surface area contributed by atoms with Crippen molar-refractivity contribution in [2.45, 2.75) is 13.0 Å². The van der Waals surface area contributed by atoms with Crippen molar-refractivity contribution in [1.82, 2.24) is 4.57 Å². The Hall–Kier alpha value is -0.510. The van der Waals surface area contributed by atoms with Crippen LogP contribution in [-0.2, 0) is 20.0 Å². The van der Waals surface area contributed by atoms with E-state index in [4.69, 9.17) is 23.1 Å². The summed E-state index contributed by atoms with van der Waals surface area (Å²) in [5.41, 5.74) is 13.1. The molecule has 68 valence electrons. The minimum absolute atomic E-state index is 0.483. The zero-order chi connectivity index (χ0) is 9.14. The van der Waals surface area contributed by atoms with E-state index in [1.807, 2.05) is 17.7 Å². The van der Waals surface area contributed by atoms with Crippen molar-refractivity contribution in [3.8, 4) is 0 Å². The van der Waals surface area contributed by atoms with Gasteiger partial charge in [0.15, 0.2) is 0 Å². The van der Waals surface area contributed by atoms with Gasteiger partial charge < -0.3 is 16.0 Å². The molecule has 0 radical (unpaired) electrons. The summed E-state index contributed by atoms with van der Waals surface area (Å²) in [4.78, 5) is 0. The first kappa shape index (κ1) is 9.58. The van der Waals surface area contributed by atoms with E-state index in [-0.39, 0.29) is 0 Å². The highest BCUT2D eigenvalue weighted by atomic mass is 35.5. The fraction of sp³-hybridized carbons (Fsp3) is 0.500. The van der Waals surface area contributed by atoms with Crippen LogP contribution in [0.3, 0.4) is 0 Å². The summed E-state index contributed by atoms with van der Waals surface area (Å²) in [5.74, 6) is 0. The molecule has 0 aliphatic carbocycles. The third-order valence-corrected chi connectivity index (χ3v) is 2.45. The van der Waals surface area contributed by atoms with Crippen molar-refractivity contribution in [1.29, 1.82) is 0 Å². The number of nitrogens with two attached hydrogens (primary N) is 2. The van der Waals surface area contributed by atoms with Crippen LogP contribution in [0.15, 0.2) is 6.07 Å². The molecule has 0 aliphatic rings. The van der Waals surface area contributed by atoms with Crippen molar-refractivity contribution in [2.75, 3.05) is 6.54 Å². The predicted molar refractivity (Wildman–Crippen MR) is 51.1 cm³/mol. The molecule has 4 N–H and O–H groups in total. The van der Waals surface area contributed by atoms with Gasteiger partial charge in [-0.3, -0.25) is 0 Å². The maximum atomic E-state index is 5.99. The van der Waals surface area contributed by atoms with Crippen LogP contribution >= 0.6 is 11.6 Å². The third kappa shape index (κ3) is 1.63. The molecule has 12 heavy (non-hydrogen) atoms. The molecular weight excluding hydrogens is 174 g/mol. The van der Waals surface area contributed by atoms with Crippen molar-refractivity contribution >= 4 is 11.6 Å². The zero-order valence-corrected chi connectivity index (χ0v) is 7.93. The Balaban J connectivity index is 2.98. The first-order chi connectivity index (χ1) is 5.70. The summed E-state index contributed by atoms with van der Waals surface area (Å²) in [6.45, 7) is 1.12. The van der Waals surface area contributed by atoms with Crippen molar-refractivity contribution < 1.29 is 0 Å². The van der Waals surface area contributed by atoms with Gasteiger partial charge in [-0.2, -0.15) is 0 Å². The van der Waals surface area contributed by atoms with E-state index >= 15 is 0 Å². The van der Waals surface area contributed by atoms with Gasteiger partial charge in [0, 0.05) is 24.8 Å². The molecular formula is C8H14ClN3. The molecule has 0 fully saturated rings. The summed E-state index contributed by atoms with van der Waals surface area (Å²) in [7, 11) is 1.92. The fourth-order valence-electron chi connectivity index (χ4n) is 1.23.